The van der Waals surface area contributed by atoms with E-state index in [1.807, 2.05) is 19.9 Å². The lowest BCUT2D eigenvalue weighted by Gasteiger charge is -2.14. The van der Waals surface area contributed by atoms with E-state index < -0.39 is 0 Å². The highest BCUT2D eigenvalue weighted by molar-refractivity contribution is 5.30. The molecule has 0 radical (unpaired) electrons. The first-order valence-corrected chi connectivity index (χ1v) is 4.45. The van der Waals surface area contributed by atoms with Crippen molar-refractivity contribution in [2.45, 2.75) is 26.3 Å². The minimum Gasteiger partial charge on any atom is -0.396 e. The van der Waals surface area contributed by atoms with E-state index in [9.17, 15) is 0 Å². The van der Waals surface area contributed by atoms with Crippen molar-refractivity contribution in [3.63, 3.8) is 0 Å². The van der Waals surface area contributed by atoms with E-state index >= 15 is 0 Å². The summed E-state index contributed by atoms with van der Waals surface area (Å²) < 4.78 is 0. The molecular weight excluding hydrogens is 164 g/mol. The molecule has 0 amide bonds. The van der Waals surface area contributed by atoms with Crippen LogP contribution in [0, 0.1) is 13.8 Å². The predicted molar refractivity (Wildman–Crippen MR) is 52.3 cm³/mol. The van der Waals surface area contributed by atoms with Crippen molar-refractivity contribution in [2.75, 3.05) is 6.61 Å². The van der Waals surface area contributed by atoms with E-state index in [0.29, 0.717) is 6.42 Å². The van der Waals surface area contributed by atoms with E-state index in [2.05, 4.69) is 4.98 Å². The number of hydrogen-bond acceptors (Lipinski definition) is 3. The van der Waals surface area contributed by atoms with Gasteiger partial charge in [0.2, 0.25) is 0 Å². The summed E-state index contributed by atoms with van der Waals surface area (Å²) in [6.07, 6.45) is 2.36. The molecule has 0 aliphatic rings. The molecule has 1 rings (SSSR count). The number of rotatable bonds is 3. The summed E-state index contributed by atoms with van der Waals surface area (Å²) in [7, 11) is 0. The first-order chi connectivity index (χ1) is 6.16. The fourth-order valence-corrected chi connectivity index (χ4v) is 1.36. The van der Waals surface area contributed by atoms with Gasteiger partial charge in [-0.1, -0.05) is 0 Å². The molecule has 0 fully saturated rings. The second-order valence-corrected chi connectivity index (χ2v) is 3.23. The highest BCUT2D eigenvalue weighted by Gasteiger charge is 2.09. The summed E-state index contributed by atoms with van der Waals surface area (Å²) >= 11 is 0. The monoisotopic (exact) mass is 180 g/mol. The van der Waals surface area contributed by atoms with Crippen LogP contribution in [0.2, 0.25) is 0 Å². The molecule has 3 nitrogen and oxygen atoms in total. The fourth-order valence-electron chi connectivity index (χ4n) is 1.36. The van der Waals surface area contributed by atoms with Crippen LogP contribution in [-0.4, -0.2) is 16.7 Å². The van der Waals surface area contributed by atoms with Crippen molar-refractivity contribution in [1.29, 1.82) is 0 Å². The molecule has 0 bridgehead atoms. The molecule has 1 heterocycles. The maximum Gasteiger partial charge on any atom is 0.0449 e. The van der Waals surface area contributed by atoms with Gasteiger partial charge in [-0.2, -0.15) is 0 Å². The summed E-state index contributed by atoms with van der Waals surface area (Å²) in [4.78, 5) is 4.16. The molecule has 13 heavy (non-hydrogen) atoms. The Hall–Kier alpha value is -0.930. The van der Waals surface area contributed by atoms with E-state index in [1.54, 1.807) is 6.20 Å². The molecule has 0 saturated heterocycles. The van der Waals surface area contributed by atoms with Crippen LogP contribution in [0.15, 0.2) is 12.3 Å². The first kappa shape index (κ1) is 10.2. The molecule has 0 aliphatic carbocycles. The van der Waals surface area contributed by atoms with Crippen LogP contribution in [0.5, 0.6) is 0 Å². The number of aliphatic hydroxyl groups excluding tert-OH is 1. The van der Waals surface area contributed by atoms with Crippen molar-refractivity contribution >= 4 is 0 Å². The summed E-state index contributed by atoms with van der Waals surface area (Å²) in [6.45, 7) is 4.10. The molecule has 1 aromatic heterocycles. The van der Waals surface area contributed by atoms with Gasteiger partial charge < -0.3 is 10.8 Å². The average Bonchev–Trinajstić information content (AvgIpc) is 2.10. The van der Waals surface area contributed by atoms with Gasteiger partial charge in [0.25, 0.3) is 0 Å². The summed E-state index contributed by atoms with van der Waals surface area (Å²) in [5.74, 6) is 0. The Kier molecular flexibility index (Phi) is 3.39. The molecule has 72 valence electrons. The molecule has 3 heteroatoms. The molecule has 0 saturated carbocycles. The van der Waals surface area contributed by atoms with E-state index in [-0.39, 0.29) is 12.6 Å². The number of pyridine rings is 1. The van der Waals surface area contributed by atoms with Crippen molar-refractivity contribution < 1.29 is 5.11 Å². The molecule has 3 N–H and O–H groups in total. The van der Waals surface area contributed by atoms with Gasteiger partial charge >= 0.3 is 0 Å². The lowest BCUT2D eigenvalue weighted by Crippen LogP contribution is -2.14. The molecule has 1 atom stereocenters. The lowest BCUT2D eigenvalue weighted by molar-refractivity contribution is 0.276. The van der Waals surface area contributed by atoms with Gasteiger partial charge in [0.1, 0.15) is 0 Å². The third-order valence-electron chi connectivity index (χ3n) is 2.34. The summed E-state index contributed by atoms with van der Waals surface area (Å²) in [5, 5.41) is 8.76. The van der Waals surface area contributed by atoms with Crippen LogP contribution in [0.1, 0.15) is 29.3 Å². The highest BCUT2D eigenvalue weighted by Crippen LogP contribution is 2.18. The zero-order valence-electron chi connectivity index (χ0n) is 8.12. The second kappa shape index (κ2) is 4.35. The molecule has 0 aromatic carbocycles. The SMILES string of the molecule is Cc1nccc(C(N)CCO)c1C. The zero-order chi connectivity index (χ0) is 9.84. The quantitative estimate of drug-likeness (QED) is 0.731. The van der Waals surface area contributed by atoms with Crippen molar-refractivity contribution in [1.82, 2.24) is 4.98 Å². The summed E-state index contributed by atoms with van der Waals surface area (Å²) in [5.41, 5.74) is 9.11. The average molecular weight is 180 g/mol. The first-order valence-electron chi connectivity index (χ1n) is 4.45. The van der Waals surface area contributed by atoms with Gasteiger partial charge in [0.05, 0.1) is 0 Å². The number of aryl methyl sites for hydroxylation is 1. The third-order valence-corrected chi connectivity index (χ3v) is 2.34. The molecule has 1 unspecified atom stereocenters. The maximum atomic E-state index is 8.76. The Balaban J connectivity index is 2.93. The van der Waals surface area contributed by atoms with Crippen molar-refractivity contribution in [3.8, 4) is 0 Å². The van der Waals surface area contributed by atoms with Gasteiger partial charge in [-0.15, -0.1) is 0 Å². The molecule has 1 aromatic rings. The standard InChI is InChI=1S/C10H16N2O/c1-7-8(2)12-5-3-9(7)10(11)4-6-13/h3,5,10,13H,4,6,11H2,1-2H3. The Bertz CT molecular complexity index is 286. The maximum absolute atomic E-state index is 8.76. The van der Waals surface area contributed by atoms with Gasteiger partial charge in [-0.25, -0.2) is 0 Å². The number of hydrogen-bond donors (Lipinski definition) is 2. The molecular formula is C10H16N2O. The van der Waals surface area contributed by atoms with Crippen LogP contribution in [0.4, 0.5) is 0 Å². The Morgan fingerprint density at radius 1 is 1.54 bits per heavy atom. The Morgan fingerprint density at radius 2 is 2.23 bits per heavy atom. The van der Waals surface area contributed by atoms with Crippen LogP contribution in [0.3, 0.4) is 0 Å². The minimum absolute atomic E-state index is 0.0771. The van der Waals surface area contributed by atoms with Crippen LogP contribution in [0.25, 0.3) is 0 Å². The van der Waals surface area contributed by atoms with Gasteiger partial charge in [0, 0.05) is 24.5 Å². The van der Waals surface area contributed by atoms with Gasteiger partial charge in [-0.05, 0) is 37.5 Å². The predicted octanol–water partition coefficient (Wildman–Crippen LogP) is 1.08. The molecule has 0 aliphatic heterocycles. The number of nitrogens with zero attached hydrogens (tertiary/aromatic N) is 1. The Labute approximate surface area is 78.6 Å². The van der Waals surface area contributed by atoms with Gasteiger partial charge in [0.15, 0.2) is 0 Å². The second-order valence-electron chi connectivity index (χ2n) is 3.23. The van der Waals surface area contributed by atoms with E-state index in [1.165, 1.54) is 0 Å². The smallest absolute Gasteiger partial charge is 0.0449 e. The van der Waals surface area contributed by atoms with Crippen LogP contribution < -0.4 is 5.73 Å². The number of aromatic nitrogens is 1. The summed E-state index contributed by atoms with van der Waals surface area (Å²) in [6, 6.07) is 1.84. The topological polar surface area (TPSA) is 59.1 Å². The van der Waals surface area contributed by atoms with Crippen LogP contribution >= 0.6 is 0 Å². The van der Waals surface area contributed by atoms with Crippen LogP contribution in [-0.2, 0) is 0 Å². The van der Waals surface area contributed by atoms with Gasteiger partial charge in [-0.3, -0.25) is 4.98 Å². The van der Waals surface area contributed by atoms with Crippen molar-refractivity contribution in [3.05, 3.63) is 29.1 Å². The number of nitrogens with two attached hydrogens (primary N) is 1. The van der Waals surface area contributed by atoms with E-state index in [4.69, 9.17) is 10.8 Å². The lowest BCUT2D eigenvalue weighted by atomic mass is 10.00. The minimum atomic E-state index is -0.0771. The largest absolute Gasteiger partial charge is 0.396 e. The normalized spacial score (nSPS) is 12.9. The third kappa shape index (κ3) is 2.26. The fraction of sp³-hybridized carbons (Fsp3) is 0.500. The highest BCUT2D eigenvalue weighted by atomic mass is 16.3. The zero-order valence-corrected chi connectivity index (χ0v) is 8.12. The molecule has 0 spiro atoms. The van der Waals surface area contributed by atoms with E-state index in [0.717, 1.165) is 16.8 Å². The Morgan fingerprint density at radius 3 is 2.85 bits per heavy atom. The van der Waals surface area contributed by atoms with Crippen molar-refractivity contribution in [2.24, 2.45) is 5.73 Å². The number of aliphatic hydroxyl groups is 1.